The third kappa shape index (κ3) is 2.63. The Morgan fingerprint density at radius 3 is 2.67 bits per heavy atom. The molecule has 0 N–H and O–H groups in total. The summed E-state index contributed by atoms with van der Waals surface area (Å²) in [7, 11) is 0. The van der Waals surface area contributed by atoms with Crippen LogP contribution in [-0.4, -0.2) is 34.1 Å². The van der Waals surface area contributed by atoms with E-state index < -0.39 is 11.2 Å². The minimum absolute atomic E-state index is 0.610. The van der Waals surface area contributed by atoms with Crippen molar-refractivity contribution in [2.75, 3.05) is 29.5 Å². The van der Waals surface area contributed by atoms with Crippen molar-refractivity contribution >= 4 is 17.0 Å². The first kappa shape index (κ1) is 10.8. The normalized spacial score (nSPS) is 18.1. The molecule has 1 aromatic heterocycles. The monoisotopic (exact) mass is 224 g/mol. The van der Waals surface area contributed by atoms with Gasteiger partial charge in [0.2, 0.25) is 0 Å². The van der Waals surface area contributed by atoms with Crippen molar-refractivity contribution in [1.82, 2.24) is 4.98 Å². The SMILES string of the molecule is CCc1ccc(N2CC[S+]([O-])CC2)nc1. The highest BCUT2D eigenvalue weighted by Crippen LogP contribution is 2.14. The van der Waals surface area contributed by atoms with Gasteiger partial charge >= 0.3 is 0 Å². The second-order valence-electron chi connectivity index (χ2n) is 3.71. The summed E-state index contributed by atoms with van der Waals surface area (Å²) in [6.07, 6.45) is 2.96. The largest absolute Gasteiger partial charge is 0.616 e. The molecule has 1 aromatic rings. The second-order valence-corrected chi connectivity index (χ2v) is 5.41. The molecule has 0 atom stereocenters. The summed E-state index contributed by atoms with van der Waals surface area (Å²) >= 11 is -0.610. The first-order valence-electron chi connectivity index (χ1n) is 5.34. The summed E-state index contributed by atoms with van der Waals surface area (Å²) in [5.74, 6) is 2.57. The smallest absolute Gasteiger partial charge is 0.128 e. The third-order valence-electron chi connectivity index (χ3n) is 2.72. The zero-order chi connectivity index (χ0) is 10.7. The fraction of sp³-hybridized carbons (Fsp3) is 0.545. The molecule has 0 bridgehead atoms. The minimum atomic E-state index is -0.610. The molecule has 1 saturated heterocycles. The number of anilines is 1. The predicted molar refractivity (Wildman–Crippen MR) is 63.7 cm³/mol. The molecule has 0 aliphatic carbocycles. The van der Waals surface area contributed by atoms with E-state index in [1.807, 2.05) is 6.20 Å². The molecule has 1 fully saturated rings. The molecule has 2 heterocycles. The van der Waals surface area contributed by atoms with E-state index in [4.69, 9.17) is 0 Å². The molecular weight excluding hydrogens is 208 g/mol. The number of hydrogen-bond donors (Lipinski definition) is 0. The molecule has 0 radical (unpaired) electrons. The molecule has 4 heteroatoms. The summed E-state index contributed by atoms with van der Waals surface area (Å²) in [6.45, 7) is 3.86. The van der Waals surface area contributed by atoms with E-state index in [-0.39, 0.29) is 0 Å². The lowest BCUT2D eigenvalue weighted by atomic mass is 10.2. The van der Waals surface area contributed by atoms with Gasteiger partial charge in [-0.3, -0.25) is 0 Å². The molecule has 3 nitrogen and oxygen atoms in total. The maximum atomic E-state index is 11.2. The molecular formula is C11H16N2OS. The lowest BCUT2D eigenvalue weighted by Gasteiger charge is -2.28. The zero-order valence-electron chi connectivity index (χ0n) is 8.98. The maximum absolute atomic E-state index is 11.2. The van der Waals surface area contributed by atoms with E-state index in [0.717, 1.165) is 36.8 Å². The van der Waals surface area contributed by atoms with Gasteiger partial charge in [-0.1, -0.05) is 24.2 Å². The number of aromatic nitrogens is 1. The molecule has 15 heavy (non-hydrogen) atoms. The van der Waals surface area contributed by atoms with Crippen molar-refractivity contribution in [1.29, 1.82) is 0 Å². The molecule has 0 spiro atoms. The van der Waals surface area contributed by atoms with Gasteiger partial charge in [0.15, 0.2) is 0 Å². The van der Waals surface area contributed by atoms with E-state index in [2.05, 4.69) is 28.9 Å². The number of aryl methyl sites for hydroxylation is 1. The van der Waals surface area contributed by atoms with Crippen LogP contribution in [0.3, 0.4) is 0 Å². The van der Waals surface area contributed by atoms with Crippen molar-refractivity contribution in [3.63, 3.8) is 0 Å². The van der Waals surface area contributed by atoms with Gasteiger partial charge in [0.05, 0.1) is 13.1 Å². The number of hydrogen-bond acceptors (Lipinski definition) is 3. The molecule has 0 amide bonds. The fourth-order valence-electron chi connectivity index (χ4n) is 1.68. The molecule has 82 valence electrons. The van der Waals surface area contributed by atoms with Crippen molar-refractivity contribution in [3.8, 4) is 0 Å². The van der Waals surface area contributed by atoms with Crippen LogP contribution in [0.15, 0.2) is 18.3 Å². The lowest BCUT2D eigenvalue weighted by Crippen LogP contribution is -2.40. The Hall–Kier alpha value is -0.740. The third-order valence-corrected chi connectivity index (χ3v) is 3.99. The highest BCUT2D eigenvalue weighted by molar-refractivity contribution is 7.91. The van der Waals surface area contributed by atoms with Gasteiger partial charge in [0.1, 0.15) is 17.3 Å². The van der Waals surface area contributed by atoms with Gasteiger partial charge in [0, 0.05) is 6.20 Å². The minimum Gasteiger partial charge on any atom is -0.616 e. The van der Waals surface area contributed by atoms with Crippen LogP contribution in [0.2, 0.25) is 0 Å². The molecule has 0 unspecified atom stereocenters. The first-order chi connectivity index (χ1) is 7.29. The van der Waals surface area contributed by atoms with Crippen LogP contribution >= 0.6 is 0 Å². The quantitative estimate of drug-likeness (QED) is 0.709. The number of rotatable bonds is 2. The van der Waals surface area contributed by atoms with E-state index in [9.17, 15) is 4.55 Å². The fourth-order valence-corrected chi connectivity index (χ4v) is 2.73. The average molecular weight is 224 g/mol. The van der Waals surface area contributed by atoms with Crippen LogP contribution in [0, 0.1) is 0 Å². The highest BCUT2D eigenvalue weighted by atomic mass is 32.2. The maximum Gasteiger partial charge on any atom is 0.128 e. The van der Waals surface area contributed by atoms with Crippen LogP contribution in [-0.2, 0) is 17.6 Å². The van der Waals surface area contributed by atoms with Gasteiger partial charge in [-0.2, -0.15) is 0 Å². The van der Waals surface area contributed by atoms with Gasteiger partial charge in [-0.15, -0.1) is 0 Å². The number of nitrogens with zero attached hydrogens (tertiary/aromatic N) is 2. The Bertz CT molecular complexity index is 307. The summed E-state index contributed by atoms with van der Waals surface area (Å²) < 4.78 is 11.2. The van der Waals surface area contributed by atoms with Gasteiger partial charge < -0.3 is 9.45 Å². The second kappa shape index (κ2) is 4.86. The zero-order valence-corrected chi connectivity index (χ0v) is 9.80. The lowest BCUT2D eigenvalue weighted by molar-refractivity contribution is 0.585. The Morgan fingerprint density at radius 1 is 1.40 bits per heavy atom. The average Bonchev–Trinajstić information content (AvgIpc) is 2.30. The van der Waals surface area contributed by atoms with Crippen molar-refractivity contribution < 1.29 is 4.55 Å². The topological polar surface area (TPSA) is 39.2 Å². The van der Waals surface area contributed by atoms with Crippen molar-refractivity contribution in [2.24, 2.45) is 0 Å². The van der Waals surface area contributed by atoms with Crippen LogP contribution in [0.1, 0.15) is 12.5 Å². The Balaban J connectivity index is 2.03. The summed E-state index contributed by atoms with van der Waals surface area (Å²) in [6, 6.07) is 4.18. The predicted octanol–water partition coefficient (Wildman–Crippen LogP) is 1.21. The van der Waals surface area contributed by atoms with E-state index in [0.29, 0.717) is 0 Å². The molecule has 0 saturated carbocycles. The van der Waals surface area contributed by atoms with Crippen molar-refractivity contribution in [3.05, 3.63) is 23.9 Å². The summed E-state index contributed by atoms with van der Waals surface area (Å²) in [5.41, 5.74) is 1.26. The van der Waals surface area contributed by atoms with Crippen LogP contribution in [0.5, 0.6) is 0 Å². The van der Waals surface area contributed by atoms with Crippen molar-refractivity contribution in [2.45, 2.75) is 13.3 Å². The number of pyridine rings is 1. The Labute approximate surface area is 93.7 Å². The van der Waals surface area contributed by atoms with Gasteiger partial charge in [-0.05, 0) is 18.1 Å². The van der Waals surface area contributed by atoms with Crippen LogP contribution in [0.25, 0.3) is 0 Å². The van der Waals surface area contributed by atoms with E-state index in [1.54, 1.807) is 0 Å². The Kier molecular flexibility index (Phi) is 3.49. The summed E-state index contributed by atoms with van der Waals surface area (Å²) in [5, 5.41) is 0. The molecule has 1 aliphatic heterocycles. The first-order valence-corrected chi connectivity index (χ1v) is 6.83. The van der Waals surface area contributed by atoms with Crippen LogP contribution < -0.4 is 4.90 Å². The summed E-state index contributed by atoms with van der Waals surface area (Å²) in [4.78, 5) is 6.63. The Morgan fingerprint density at radius 2 is 2.13 bits per heavy atom. The van der Waals surface area contributed by atoms with Gasteiger partial charge in [-0.25, -0.2) is 4.98 Å². The van der Waals surface area contributed by atoms with Gasteiger partial charge in [0.25, 0.3) is 0 Å². The van der Waals surface area contributed by atoms with Crippen LogP contribution in [0.4, 0.5) is 5.82 Å². The van der Waals surface area contributed by atoms with E-state index in [1.165, 1.54) is 5.56 Å². The molecule has 0 aromatic carbocycles. The van der Waals surface area contributed by atoms with E-state index >= 15 is 0 Å². The highest BCUT2D eigenvalue weighted by Gasteiger charge is 2.19. The molecule has 1 aliphatic rings. The molecule has 2 rings (SSSR count). The standard InChI is InChI=1S/C11H16N2OS/c1-2-10-3-4-11(12-9-10)13-5-7-15(14)8-6-13/h3-4,9H,2,5-8H2,1H3.